The topological polar surface area (TPSA) is 106 Å². The first kappa shape index (κ1) is 17.9. The summed E-state index contributed by atoms with van der Waals surface area (Å²) in [5, 5.41) is 22.9. The molecule has 0 unspecified atom stereocenters. The van der Waals surface area contributed by atoms with Gasteiger partial charge in [0.1, 0.15) is 6.04 Å². The van der Waals surface area contributed by atoms with Crippen LogP contribution in [-0.4, -0.2) is 36.2 Å². The predicted molar refractivity (Wildman–Crippen MR) is 67.4 cm³/mol. The Balaban J connectivity index is 2.70. The average Bonchev–Trinajstić information content (AvgIpc) is 2.42. The summed E-state index contributed by atoms with van der Waals surface area (Å²) in [6, 6.07) is 2.78. The predicted octanol–water partition coefficient (Wildman–Crippen LogP) is -1.29. The molecule has 0 aliphatic heterocycles. The monoisotopic (exact) mass is 320 g/mol. The van der Waals surface area contributed by atoms with Crippen molar-refractivity contribution >= 4 is 17.6 Å². The van der Waals surface area contributed by atoms with Crippen molar-refractivity contribution < 1.29 is 38.3 Å². The van der Waals surface area contributed by atoms with Crippen molar-refractivity contribution in [3.05, 3.63) is 29.8 Å². The SMILES string of the molecule is O=C(C[C@H]([NH2+]CCO)C(=O)[O-])Nc1cccc(C(F)(F)F)c1. The van der Waals surface area contributed by atoms with E-state index in [0.717, 1.165) is 18.2 Å². The van der Waals surface area contributed by atoms with Crippen LogP contribution in [0.15, 0.2) is 24.3 Å². The first-order valence-electron chi connectivity index (χ1n) is 6.36. The number of carbonyl (C=O) groups excluding carboxylic acids is 2. The second-order valence-corrected chi connectivity index (χ2v) is 4.50. The highest BCUT2D eigenvalue weighted by molar-refractivity contribution is 5.93. The van der Waals surface area contributed by atoms with Gasteiger partial charge in [0.2, 0.25) is 5.91 Å². The molecule has 0 bridgehead atoms. The Kier molecular flexibility index (Phi) is 6.32. The zero-order chi connectivity index (χ0) is 16.8. The molecule has 6 nitrogen and oxygen atoms in total. The molecule has 9 heteroatoms. The van der Waals surface area contributed by atoms with Gasteiger partial charge in [-0.15, -0.1) is 0 Å². The molecule has 0 aliphatic carbocycles. The number of benzene rings is 1. The number of aliphatic hydroxyl groups excluding tert-OH is 1. The number of nitrogens with one attached hydrogen (secondary N) is 1. The van der Waals surface area contributed by atoms with Crippen LogP contribution < -0.4 is 15.7 Å². The molecule has 1 aromatic rings. The molecule has 1 atom stereocenters. The van der Waals surface area contributed by atoms with Crippen LogP contribution in [0.25, 0.3) is 0 Å². The zero-order valence-electron chi connectivity index (χ0n) is 11.4. The lowest BCUT2D eigenvalue weighted by Crippen LogP contribution is -2.94. The third kappa shape index (κ3) is 5.70. The van der Waals surface area contributed by atoms with Gasteiger partial charge in [-0.25, -0.2) is 0 Å². The Morgan fingerprint density at radius 2 is 2.05 bits per heavy atom. The van der Waals surface area contributed by atoms with E-state index in [1.807, 2.05) is 0 Å². The lowest BCUT2D eigenvalue weighted by atomic mass is 10.1. The Bertz CT molecular complexity index is 534. The Hall–Kier alpha value is -2.13. The fourth-order valence-electron chi connectivity index (χ4n) is 1.72. The number of halogens is 3. The van der Waals surface area contributed by atoms with Crippen molar-refractivity contribution in [2.24, 2.45) is 0 Å². The van der Waals surface area contributed by atoms with Crippen LogP contribution in [-0.2, 0) is 15.8 Å². The smallest absolute Gasteiger partial charge is 0.416 e. The summed E-state index contributed by atoms with van der Waals surface area (Å²) in [7, 11) is 0. The molecule has 122 valence electrons. The lowest BCUT2D eigenvalue weighted by molar-refractivity contribution is -0.683. The van der Waals surface area contributed by atoms with Crippen LogP contribution in [0.5, 0.6) is 0 Å². The number of amides is 1. The van der Waals surface area contributed by atoms with Gasteiger partial charge in [-0.05, 0) is 18.2 Å². The number of carbonyl (C=O) groups is 2. The number of hydrogen-bond acceptors (Lipinski definition) is 4. The quantitative estimate of drug-likeness (QED) is 0.581. The second-order valence-electron chi connectivity index (χ2n) is 4.50. The molecule has 1 aromatic carbocycles. The van der Waals surface area contributed by atoms with Crippen molar-refractivity contribution in [2.75, 3.05) is 18.5 Å². The minimum atomic E-state index is -4.54. The number of anilines is 1. The Labute approximate surface area is 123 Å². The van der Waals surface area contributed by atoms with Crippen molar-refractivity contribution in [2.45, 2.75) is 18.6 Å². The number of alkyl halides is 3. The van der Waals surface area contributed by atoms with E-state index in [-0.39, 0.29) is 18.8 Å². The third-order valence-corrected chi connectivity index (χ3v) is 2.76. The average molecular weight is 320 g/mol. The van der Waals surface area contributed by atoms with E-state index in [1.54, 1.807) is 0 Å². The summed E-state index contributed by atoms with van der Waals surface area (Å²) < 4.78 is 37.6. The maximum atomic E-state index is 12.5. The van der Waals surface area contributed by atoms with Crippen LogP contribution in [0.4, 0.5) is 18.9 Å². The van der Waals surface area contributed by atoms with E-state index in [9.17, 15) is 27.9 Å². The van der Waals surface area contributed by atoms with Gasteiger partial charge in [-0.1, -0.05) is 6.07 Å². The summed E-state index contributed by atoms with van der Waals surface area (Å²) in [6.07, 6.45) is -5.03. The van der Waals surface area contributed by atoms with E-state index in [4.69, 9.17) is 5.11 Å². The van der Waals surface area contributed by atoms with Gasteiger partial charge >= 0.3 is 6.18 Å². The maximum Gasteiger partial charge on any atom is 0.416 e. The van der Waals surface area contributed by atoms with E-state index >= 15 is 0 Å². The van der Waals surface area contributed by atoms with E-state index in [0.29, 0.717) is 0 Å². The zero-order valence-corrected chi connectivity index (χ0v) is 11.4. The molecule has 1 rings (SSSR count). The minimum Gasteiger partial charge on any atom is -0.544 e. The van der Waals surface area contributed by atoms with Gasteiger partial charge in [-0.2, -0.15) is 13.2 Å². The number of hydrogen-bond donors (Lipinski definition) is 3. The molecule has 4 N–H and O–H groups in total. The number of carboxylic acid groups (broad SMARTS) is 1. The molecule has 0 saturated heterocycles. The molecule has 0 fully saturated rings. The summed E-state index contributed by atoms with van der Waals surface area (Å²) in [5.41, 5.74) is -1.01. The van der Waals surface area contributed by atoms with E-state index in [1.165, 1.54) is 11.4 Å². The number of nitrogens with two attached hydrogens (primary N) is 1. The first-order chi connectivity index (χ1) is 10.2. The summed E-state index contributed by atoms with van der Waals surface area (Å²) in [5.74, 6) is -2.25. The molecular formula is C13H15F3N2O4. The number of aliphatic hydroxyl groups is 1. The van der Waals surface area contributed by atoms with Crippen molar-refractivity contribution in [1.29, 1.82) is 0 Å². The van der Waals surface area contributed by atoms with Gasteiger partial charge < -0.3 is 25.6 Å². The van der Waals surface area contributed by atoms with Gasteiger partial charge in [0.15, 0.2) is 0 Å². The normalized spacial score (nSPS) is 12.7. The first-order valence-corrected chi connectivity index (χ1v) is 6.36. The summed E-state index contributed by atoms with van der Waals surface area (Å²) in [4.78, 5) is 22.5. The third-order valence-electron chi connectivity index (χ3n) is 2.76. The van der Waals surface area contributed by atoms with Crippen LogP contribution in [0.1, 0.15) is 12.0 Å². The standard InChI is InChI=1S/C13H15F3N2O4/c14-13(15,16)8-2-1-3-9(6-8)18-11(20)7-10(12(21)22)17-4-5-19/h1-3,6,10,17,19H,4-5,7H2,(H,18,20)(H,21,22)/t10-/m0/s1. The lowest BCUT2D eigenvalue weighted by Gasteiger charge is -2.16. The molecule has 0 spiro atoms. The summed E-state index contributed by atoms with van der Waals surface area (Å²) in [6.45, 7) is -0.214. The number of quaternary nitrogens is 1. The highest BCUT2D eigenvalue weighted by Crippen LogP contribution is 2.30. The highest BCUT2D eigenvalue weighted by Gasteiger charge is 2.30. The number of carboxylic acids is 1. The molecule has 1 amide bonds. The van der Waals surface area contributed by atoms with Crippen molar-refractivity contribution in [3.63, 3.8) is 0 Å². The largest absolute Gasteiger partial charge is 0.544 e. The Morgan fingerprint density at radius 3 is 2.59 bits per heavy atom. The summed E-state index contributed by atoms with van der Waals surface area (Å²) >= 11 is 0. The molecule has 0 saturated carbocycles. The molecule has 0 aliphatic rings. The van der Waals surface area contributed by atoms with Crippen LogP contribution in [0, 0.1) is 0 Å². The van der Waals surface area contributed by atoms with Crippen LogP contribution >= 0.6 is 0 Å². The molecule has 0 aromatic heterocycles. The molecule has 22 heavy (non-hydrogen) atoms. The fourth-order valence-corrected chi connectivity index (χ4v) is 1.72. The molecule has 0 radical (unpaired) electrons. The highest BCUT2D eigenvalue weighted by atomic mass is 19.4. The second kappa shape index (κ2) is 7.76. The van der Waals surface area contributed by atoms with Crippen LogP contribution in [0.3, 0.4) is 0 Å². The maximum absolute atomic E-state index is 12.5. The number of rotatable bonds is 7. The Morgan fingerprint density at radius 1 is 1.36 bits per heavy atom. The van der Waals surface area contributed by atoms with Gasteiger partial charge in [0.05, 0.1) is 31.1 Å². The van der Waals surface area contributed by atoms with Gasteiger partial charge in [-0.3, -0.25) is 4.79 Å². The minimum absolute atomic E-state index is 0.0650. The van der Waals surface area contributed by atoms with E-state index in [2.05, 4.69) is 5.32 Å². The molecular weight excluding hydrogens is 305 g/mol. The number of aliphatic carboxylic acids is 1. The fraction of sp³-hybridized carbons (Fsp3) is 0.385. The van der Waals surface area contributed by atoms with Gasteiger partial charge in [0.25, 0.3) is 0 Å². The molecule has 0 heterocycles. The van der Waals surface area contributed by atoms with Gasteiger partial charge in [0, 0.05) is 5.69 Å². The van der Waals surface area contributed by atoms with Crippen molar-refractivity contribution in [1.82, 2.24) is 0 Å². The van der Waals surface area contributed by atoms with Crippen LogP contribution in [0.2, 0.25) is 0 Å². The van der Waals surface area contributed by atoms with E-state index < -0.39 is 36.1 Å². The van der Waals surface area contributed by atoms with Crippen molar-refractivity contribution in [3.8, 4) is 0 Å².